The van der Waals surface area contributed by atoms with Gasteiger partial charge in [-0.25, -0.2) is 13.2 Å². The van der Waals surface area contributed by atoms with Crippen LogP contribution < -0.4 is 5.32 Å². The maximum atomic E-state index is 13.1. The Morgan fingerprint density at radius 1 is 1.00 bits per heavy atom. The summed E-state index contributed by atoms with van der Waals surface area (Å²) in [5.74, 6) is -1.95. The number of nitrogens with zero attached hydrogens (tertiary/aromatic N) is 2. The van der Waals surface area contributed by atoms with Gasteiger partial charge < -0.3 is 15.5 Å². The maximum absolute atomic E-state index is 13.1. The van der Waals surface area contributed by atoms with Crippen molar-refractivity contribution in [2.75, 3.05) is 18.5 Å². The van der Waals surface area contributed by atoms with Crippen molar-refractivity contribution in [1.82, 2.24) is 4.31 Å². The first-order valence-corrected chi connectivity index (χ1v) is 11.5. The predicted octanol–water partition coefficient (Wildman–Crippen LogP) is 2.69. The van der Waals surface area contributed by atoms with Crippen LogP contribution >= 0.6 is 0 Å². The summed E-state index contributed by atoms with van der Waals surface area (Å²) in [5, 5.41) is 30.1. The fourth-order valence-corrected chi connectivity index (χ4v) is 4.62. The van der Waals surface area contributed by atoms with Crippen LogP contribution in [0.2, 0.25) is 0 Å². The first kappa shape index (κ1) is 24.6. The Kier molecular flexibility index (Phi) is 7.75. The topological polar surface area (TPSA) is 148 Å². The van der Waals surface area contributed by atoms with Crippen molar-refractivity contribution < 1.29 is 28.2 Å². The zero-order chi connectivity index (χ0) is 24.7. The zero-order valence-electron chi connectivity index (χ0n) is 17.9. The molecule has 0 heterocycles. The summed E-state index contributed by atoms with van der Waals surface area (Å²) >= 11 is 0. The van der Waals surface area contributed by atoms with Gasteiger partial charge in [-0.1, -0.05) is 30.3 Å². The van der Waals surface area contributed by atoms with E-state index in [0.29, 0.717) is 0 Å². The van der Waals surface area contributed by atoms with Gasteiger partial charge in [-0.05, 0) is 48.0 Å². The van der Waals surface area contributed by atoms with E-state index in [9.17, 15) is 28.2 Å². The second kappa shape index (κ2) is 10.7. The van der Waals surface area contributed by atoms with Crippen LogP contribution in [0.25, 0.3) is 0 Å². The summed E-state index contributed by atoms with van der Waals surface area (Å²) in [7, 11) is -3.96. The Balaban J connectivity index is 1.81. The Bertz CT molecular complexity index is 1330. The highest BCUT2D eigenvalue weighted by atomic mass is 32.2. The number of benzene rings is 3. The molecule has 1 amide bonds. The number of anilines is 1. The Hall–Kier alpha value is -4.04. The summed E-state index contributed by atoms with van der Waals surface area (Å²) < 4.78 is 27.3. The smallest absolute Gasteiger partial charge is 0.337 e. The predicted molar refractivity (Wildman–Crippen MR) is 124 cm³/mol. The van der Waals surface area contributed by atoms with Crippen molar-refractivity contribution in [3.63, 3.8) is 0 Å². The number of sulfonamides is 1. The number of carboxylic acid groups (broad SMARTS) is 1. The molecule has 9 nitrogen and oxygen atoms in total. The highest BCUT2D eigenvalue weighted by Crippen LogP contribution is 2.21. The van der Waals surface area contributed by atoms with E-state index in [1.165, 1.54) is 36.4 Å². The minimum absolute atomic E-state index is 0.00480. The van der Waals surface area contributed by atoms with Gasteiger partial charge >= 0.3 is 5.97 Å². The third-order valence-corrected chi connectivity index (χ3v) is 6.79. The number of carboxylic acids is 1. The number of nitrogens with one attached hydrogen (secondary N) is 1. The van der Waals surface area contributed by atoms with Crippen LogP contribution in [0.1, 0.15) is 31.8 Å². The van der Waals surface area contributed by atoms with E-state index in [1.807, 2.05) is 12.1 Å². The summed E-state index contributed by atoms with van der Waals surface area (Å²) in [6.07, 6.45) is 0. The fraction of sp³-hybridized carbons (Fsp3) is 0.125. The van der Waals surface area contributed by atoms with Crippen molar-refractivity contribution in [3.8, 4) is 6.07 Å². The quantitative estimate of drug-likeness (QED) is 0.427. The van der Waals surface area contributed by atoms with Gasteiger partial charge in [-0.15, -0.1) is 0 Å². The zero-order valence-corrected chi connectivity index (χ0v) is 18.7. The van der Waals surface area contributed by atoms with E-state index >= 15 is 0 Å². The molecule has 0 atom stereocenters. The summed E-state index contributed by atoms with van der Waals surface area (Å²) in [4.78, 5) is 24.0. The number of carbonyl (C=O) groups excluding carboxylic acids is 1. The fourth-order valence-electron chi connectivity index (χ4n) is 3.20. The standard InChI is InChI=1S/C24H21N3O6S/c25-15-18-6-11-22(21(14-18)24(30)31)26-23(29)19-7-9-20(10-8-19)34(32,33)27(12-13-28)16-17-4-2-1-3-5-17/h1-11,14,28H,12-13,16H2,(H,26,29)(H,30,31). The highest BCUT2D eigenvalue weighted by molar-refractivity contribution is 7.89. The van der Waals surface area contributed by atoms with E-state index in [-0.39, 0.29) is 47.0 Å². The van der Waals surface area contributed by atoms with Gasteiger partial charge in [0.1, 0.15) is 0 Å². The molecule has 174 valence electrons. The van der Waals surface area contributed by atoms with Crippen LogP contribution in [0.5, 0.6) is 0 Å². The van der Waals surface area contributed by atoms with Gasteiger partial charge in [0.15, 0.2) is 0 Å². The third-order valence-electron chi connectivity index (χ3n) is 4.93. The molecule has 0 aliphatic heterocycles. The van der Waals surface area contributed by atoms with E-state index in [1.54, 1.807) is 24.3 Å². The third kappa shape index (κ3) is 5.65. The summed E-state index contributed by atoms with van der Waals surface area (Å²) in [5.41, 5.74) is 0.758. The number of carbonyl (C=O) groups is 2. The molecular weight excluding hydrogens is 458 g/mol. The lowest BCUT2D eigenvalue weighted by molar-refractivity contribution is 0.0698. The molecule has 0 fully saturated rings. The minimum atomic E-state index is -3.96. The molecule has 0 aliphatic carbocycles. The minimum Gasteiger partial charge on any atom is -0.478 e. The van der Waals surface area contributed by atoms with Crippen LogP contribution in [0.3, 0.4) is 0 Å². The van der Waals surface area contributed by atoms with Gasteiger partial charge in [0.25, 0.3) is 5.91 Å². The van der Waals surface area contributed by atoms with Crippen LogP contribution in [0.15, 0.2) is 77.7 Å². The van der Waals surface area contributed by atoms with Crippen LogP contribution in [-0.4, -0.2) is 48.0 Å². The second-order valence-electron chi connectivity index (χ2n) is 7.20. The number of aliphatic hydroxyl groups is 1. The molecule has 0 aromatic heterocycles. The first-order chi connectivity index (χ1) is 16.3. The molecule has 3 aromatic rings. The van der Waals surface area contributed by atoms with E-state index < -0.39 is 21.9 Å². The lowest BCUT2D eigenvalue weighted by Crippen LogP contribution is -2.33. The van der Waals surface area contributed by atoms with E-state index in [2.05, 4.69) is 5.32 Å². The summed E-state index contributed by atoms with van der Waals surface area (Å²) in [6.45, 7) is -0.387. The van der Waals surface area contributed by atoms with Crippen LogP contribution in [-0.2, 0) is 16.6 Å². The summed E-state index contributed by atoms with van der Waals surface area (Å²) in [6, 6.07) is 19.8. The SMILES string of the molecule is N#Cc1ccc(NC(=O)c2ccc(S(=O)(=O)N(CCO)Cc3ccccc3)cc2)c(C(=O)O)c1. The molecule has 0 radical (unpaired) electrons. The van der Waals surface area contributed by atoms with Crippen LogP contribution in [0, 0.1) is 11.3 Å². The average molecular weight is 480 g/mol. The van der Waals surface area contributed by atoms with Crippen molar-refractivity contribution >= 4 is 27.6 Å². The maximum Gasteiger partial charge on any atom is 0.337 e. The number of amides is 1. The molecule has 0 aliphatic rings. The number of hydrogen-bond donors (Lipinski definition) is 3. The lowest BCUT2D eigenvalue weighted by atomic mass is 10.1. The molecule has 0 saturated carbocycles. The van der Waals surface area contributed by atoms with Crippen molar-refractivity contribution in [2.24, 2.45) is 0 Å². The molecule has 3 N–H and O–H groups in total. The molecular formula is C24H21N3O6S. The first-order valence-electron chi connectivity index (χ1n) is 10.1. The monoisotopic (exact) mass is 479 g/mol. The molecule has 3 rings (SSSR count). The van der Waals surface area contributed by atoms with E-state index in [4.69, 9.17) is 5.26 Å². The number of nitriles is 1. The van der Waals surface area contributed by atoms with Crippen molar-refractivity contribution in [3.05, 3.63) is 95.1 Å². The molecule has 0 unspecified atom stereocenters. The van der Waals surface area contributed by atoms with Gasteiger partial charge in [0.05, 0.1) is 34.4 Å². The van der Waals surface area contributed by atoms with Crippen molar-refractivity contribution in [2.45, 2.75) is 11.4 Å². The Morgan fingerprint density at radius 2 is 1.68 bits per heavy atom. The molecule has 0 bridgehead atoms. The second-order valence-corrected chi connectivity index (χ2v) is 9.14. The number of rotatable bonds is 9. The molecule has 0 spiro atoms. The van der Waals surface area contributed by atoms with Gasteiger partial charge in [0, 0.05) is 18.7 Å². The van der Waals surface area contributed by atoms with Crippen LogP contribution in [0.4, 0.5) is 5.69 Å². The molecule has 34 heavy (non-hydrogen) atoms. The van der Waals surface area contributed by atoms with Crippen molar-refractivity contribution in [1.29, 1.82) is 5.26 Å². The van der Waals surface area contributed by atoms with Gasteiger partial charge in [-0.3, -0.25) is 4.79 Å². The van der Waals surface area contributed by atoms with E-state index in [0.717, 1.165) is 15.9 Å². The average Bonchev–Trinajstić information content (AvgIpc) is 2.84. The Labute approximate surface area is 196 Å². The largest absolute Gasteiger partial charge is 0.478 e. The van der Waals surface area contributed by atoms with Gasteiger partial charge in [-0.2, -0.15) is 9.57 Å². The normalized spacial score (nSPS) is 11.1. The number of aromatic carboxylic acids is 1. The number of aliphatic hydroxyl groups excluding tert-OH is 1. The molecule has 3 aromatic carbocycles. The van der Waals surface area contributed by atoms with Gasteiger partial charge in [0.2, 0.25) is 10.0 Å². The lowest BCUT2D eigenvalue weighted by Gasteiger charge is -2.21. The number of hydrogen-bond acceptors (Lipinski definition) is 6. The molecule has 0 saturated heterocycles. The molecule has 10 heteroatoms. The highest BCUT2D eigenvalue weighted by Gasteiger charge is 2.25. The Morgan fingerprint density at radius 3 is 2.26 bits per heavy atom.